The molecule has 120 valence electrons. The van der Waals surface area contributed by atoms with Crippen LogP contribution in [0.5, 0.6) is 0 Å². The van der Waals surface area contributed by atoms with E-state index in [2.05, 4.69) is 37.8 Å². The summed E-state index contributed by atoms with van der Waals surface area (Å²) in [7, 11) is 0. The Morgan fingerprint density at radius 1 is 1.26 bits per heavy atom. The van der Waals surface area contributed by atoms with Gasteiger partial charge in [0.05, 0.1) is 23.6 Å². The summed E-state index contributed by atoms with van der Waals surface area (Å²) in [6.45, 7) is 5.03. The molecule has 1 saturated heterocycles. The van der Waals surface area contributed by atoms with Crippen molar-refractivity contribution >= 4 is 27.8 Å². The molecular formula is C15H19N7S. The molecule has 0 amide bonds. The highest BCUT2D eigenvalue weighted by atomic mass is 32.1. The largest absolute Gasteiger partial charge is 0.376 e. The normalized spacial score (nSPS) is 14.7. The molecule has 0 aliphatic carbocycles. The molecule has 8 heteroatoms. The number of nitrogens with one attached hydrogen (secondary N) is 1. The summed E-state index contributed by atoms with van der Waals surface area (Å²) in [6.07, 6.45) is 5.05. The van der Waals surface area contributed by atoms with Gasteiger partial charge in [0.2, 0.25) is 5.65 Å². The van der Waals surface area contributed by atoms with Crippen LogP contribution in [0.25, 0.3) is 5.65 Å². The van der Waals surface area contributed by atoms with Gasteiger partial charge in [0.25, 0.3) is 0 Å². The highest BCUT2D eigenvalue weighted by molar-refractivity contribution is 7.13. The Bertz CT molecular complexity index is 803. The van der Waals surface area contributed by atoms with E-state index in [1.54, 1.807) is 22.2 Å². The summed E-state index contributed by atoms with van der Waals surface area (Å²) in [6, 6.07) is 2.04. The minimum absolute atomic E-state index is 0.681. The highest BCUT2D eigenvalue weighted by Gasteiger charge is 2.15. The van der Waals surface area contributed by atoms with Gasteiger partial charge >= 0.3 is 0 Å². The summed E-state index contributed by atoms with van der Waals surface area (Å²) in [5, 5.41) is 19.2. The van der Waals surface area contributed by atoms with Crippen molar-refractivity contribution in [3.63, 3.8) is 0 Å². The van der Waals surface area contributed by atoms with Crippen molar-refractivity contribution in [1.82, 2.24) is 24.8 Å². The summed E-state index contributed by atoms with van der Waals surface area (Å²) in [4.78, 5) is 7.11. The van der Waals surface area contributed by atoms with E-state index in [0.717, 1.165) is 47.4 Å². The van der Waals surface area contributed by atoms with Crippen molar-refractivity contribution in [2.24, 2.45) is 0 Å². The molecule has 0 spiro atoms. The van der Waals surface area contributed by atoms with Crippen molar-refractivity contribution in [2.45, 2.75) is 32.7 Å². The molecule has 0 saturated carbocycles. The molecule has 1 fully saturated rings. The van der Waals surface area contributed by atoms with E-state index in [-0.39, 0.29) is 0 Å². The Labute approximate surface area is 138 Å². The van der Waals surface area contributed by atoms with Crippen LogP contribution in [-0.4, -0.2) is 37.9 Å². The lowest BCUT2D eigenvalue weighted by Gasteiger charge is -2.12. The van der Waals surface area contributed by atoms with Gasteiger partial charge < -0.3 is 10.2 Å². The van der Waals surface area contributed by atoms with Crippen LogP contribution in [0.3, 0.4) is 0 Å². The minimum Gasteiger partial charge on any atom is -0.376 e. The van der Waals surface area contributed by atoms with Crippen LogP contribution in [0.15, 0.2) is 17.8 Å². The van der Waals surface area contributed by atoms with Crippen LogP contribution in [0.4, 0.5) is 10.8 Å². The fourth-order valence-corrected chi connectivity index (χ4v) is 3.68. The number of nitrogens with zero attached hydrogens (tertiary/aromatic N) is 6. The molecule has 7 nitrogen and oxygen atoms in total. The van der Waals surface area contributed by atoms with Gasteiger partial charge in [-0.2, -0.15) is 9.61 Å². The number of aromatic nitrogens is 5. The van der Waals surface area contributed by atoms with Gasteiger partial charge in [-0.25, -0.2) is 4.98 Å². The minimum atomic E-state index is 0.681. The Morgan fingerprint density at radius 2 is 2.13 bits per heavy atom. The molecule has 4 rings (SSSR count). The molecule has 1 N–H and O–H groups in total. The van der Waals surface area contributed by atoms with Gasteiger partial charge in [0, 0.05) is 18.5 Å². The predicted molar refractivity (Wildman–Crippen MR) is 91.0 cm³/mol. The zero-order chi connectivity index (χ0) is 15.6. The first-order valence-electron chi connectivity index (χ1n) is 7.96. The first-order valence-corrected chi connectivity index (χ1v) is 8.84. The molecule has 4 heterocycles. The number of anilines is 2. The molecule has 0 radical (unpaired) electrons. The molecule has 1 aliphatic rings. The highest BCUT2D eigenvalue weighted by Crippen LogP contribution is 2.25. The van der Waals surface area contributed by atoms with Gasteiger partial charge in [0.15, 0.2) is 5.13 Å². The third-order valence-corrected chi connectivity index (χ3v) is 5.01. The fourth-order valence-electron chi connectivity index (χ4n) is 2.80. The molecule has 0 aromatic carbocycles. The first kappa shape index (κ1) is 14.4. The third-order valence-electron chi connectivity index (χ3n) is 4.06. The number of fused-ring (bicyclic) bond motifs is 1. The van der Waals surface area contributed by atoms with E-state index >= 15 is 0 Å². The van der Waals surface area contributed by atoms with E-state index < -0.39 is 0 Å². The van der Waals surface area contributed by atoms with Crippen LogP contribution in [-0.2, 0) is 13.0 Å². The molecular weight excluding hydrogens is 310 g/mol. The zero-order valence-corrected chi connectivity index (χ0v) is 13.9. The van der Waals surface area contributed by atoms with Crippen molar-refractivity contribution in [3.05, 3.63) is 29.2 Å². The standard InChI is InChI=1S/C15H19N7S/c1-2-11-7-13(14-19-17-10-22(14)20-11)16-8-12-9-23-15(18-12)21-5-3-4-6-21/h7,9-10,16H,2-6,8H2,1H3. The Balaban J connectivity index is 1.51. The van der Waals surface area contributed by atoms with Gasteiger partial charge in [-0.1, -0.05) is 6.92 Å². The molecule has 23 heavy (non-hydrogen) atoms. The molecule has 3 aromatic heterocycles. The maximum atomic E-state index is 4.74. The summed E-state index contributed by atoms with van der Waals surface area (Å²) in [5.41, 5.74) is 3.77. The average Bonchev–Trinajstić information content (AvgIpc) is 3.32. The Morgan fingerprint density at radius 3 is 2.96 bits per heavy atom. The maximum Gasteiger partial charge on any atom is 0.200 e. The smallest absolute Gasteiger partial charge is 0.200 e. The number of hydrogen-bond acceptors (Lipinski definition) is 7. The van der Waals surface area contributed by atoms with E-state index in [1.165, 1.54) is 12.8 Å². The first-order chi connectivity index (χ1) is 11.3. The molecule has 3 aromatic rings. The van der Waals surface area contributed by atoms with Crippen LogP contribution in [0.2, 0.25) is 0 Å². The number of rotatable bonds is 5. The second kappa shape index (κ2) is 6.11. The Kier molecular flexibility index (Phi) is 3.82. The van der Waals surface area contributed by atoms with Gasteiger partial charge in [-0.15, -0.1) is 21.5 Å². The van der Waals surface area contributed by atoms with E-state index in [1.807, 2.05) is 6.07 Å². The van der Waals surface area contributed by atoms with Crippen molar-refractivity contribution in [1.29, 1.82) is 0 Å². The summed E-state index contributed by atoms with van der Waals surface area (Å²) >= 11 is 1.72. The molecule has 0 atom stereocenters. The topological polar surface area (TPSA) is 71.2 Å². The second-order valence-electron chi connectivity index (χ2n) is 5.67. The Hall–Kier alpha value is -2.22. The van der Waals surface area contributed by atoms with E-state index in [4.69, 9.17) is 4.98 Å². The van der Waals surface area contributed by atoms with E-state index in [0.29, 0.717) is 6.54 Å². The summed E-state index contributed by atoms with van der Waals surface area (Å²) in [5.74, 6) is 0. The van der Waals surface area contributed by atoms with Gasteiger partial charge in [-0.3, -0.25) is 0 Å². The van der Waals surface area contributed by atoms with Crippen molar-refractivity contribution in [2.75, 3.05) is 23.3 Å². The predicted octanol–water partition coefficient (Wildman–Crippen LogP) is 2.36. The van der Waals surface area contributed by atoms with Gasteiger partial charge in [-0.05, 0) is 25.3 Å². The van der Waals surface area contributed by atoms with Crippen LogP contribution in [0.1, 0.15) is 31.2 Å². The lowest BCUT2D eigenvalue weighted by molar-refractivity contribution is 0.855. The van der Waals surface area contributed by atoms with Crippen LogP contribution >= 0.6 is 11.3 Å². The van der Waals surface area contributed by atoms with Crippen LogP contribution in [0, 0.1) is 0 Å². The van der Waals surface area contributed by atoms with Crippen molar-refractivity contribution < 1.29 is 0 Å². The number of hydrogen-bond donors (Lipinski definition) is 1. The van der Waals surface area contributed by atoms with Gasteiger partial charge in [0.1, 0.15) is 6.33 Å². The number of thiazole rings is 1. The monoisotopic (exact) mass is 329 g/mol. The fraction of sp³-hybridized carbons (Fsp3) is 0.467. The summed E-state index contributed by atoms with van der Waals surface area (Å²) < 4.78 is 1.72. The maximum absolute atomic E-state index is 4.74. The molecule has 0 unspecified atom stereocenters. The average molecular weight is 329 g/mol. The van der Waals surface area contributed by atoms with E-state index in [9.17, 15) is 0 Å². The molecule has 0 bridgehead atoms. The third kappa shape index (κ3) is 2.86. The lowest BCUT2D eigenvalue weighted by atomic mass is 10.3. The number of aryl methyl sites for hydroxylation is 1. The second-order valence-corrected chi connectivity index (χ2v) is 6.51. The zero-order valence-electron chi connectivity index (χ0n) is 13.1. The van der Waals surface area contributed by atoms with Crippen LogP contribution < -0.4 is 10.2 Å². The SMILES string of the molecule is CCc1cc(NCc2csc(N3CCCC3)n2)c2nncn2n1. The van der Waals surface area contributed by atoms with Crippen molar-refractivity contribution in [3.8, 4) is 0 Å². The lowest BCUT2D eigenvalue weighted by Crippen LogP contribution is -2.17. The quantitative estimate of drug-likeness (QED) is 0.775. The molecule has 1 aliphatic heterocycles.